The van der Waals surface area contributed by atoms with E-state index in [0.29, 0.717) is 0 Å². The Balaban J connectivity index is 2.18. The molecule has 2 aromatic rings. The molecular weight excluding hydrogens is 348 g/mol. The van der Waals surface area contributed by atoms with Crippen molar-refractivity contribution in [3.8, 4) is 0 Å². The van der Waals surface area contributed by atoms with Crippen molar-refractivity contribution >= 4 is 17.8 Å². The van der Waals surface area contributed by atoms with Gasteiger partial charge >= 0.3 is 5.97 Å². The fourth-order valence-electron chi connectivity index (χ4n) is 2.57. The van der Waals surface area contributed by atoms with Gasteiger partial charge in [-0.2, -0.15) is 0 Å². The number of hydrogen-bond acceptors (Lipinski definition) is 5. The summed E-state index contributed by atoms with van der Waals surface area (Å²) in [6.07, 6.45) is 1.65. The molecule has 0 saturated heterocycles. The van der Waals surface area contributed by atoms with Crippen molar-refractivity contribution in [1.82, 2.24) is 10.6 Å². The van der Waals surface area contributed by atoms with Gasteiger partial charge in [-0.1, -0.05) is 44.2 Å². The zero-order chi connectivity index (χ0) is 19.8. The van der Waals surface area contributed by atoms with Crippen LogP contribution in [-0.4, -0.2) is 37.0 Å². The second-order valence-corrected chi connectivity index (χ2v) is 6.45. The number of carbonyl (C=O) groups excluding carboxylic acids is 3. The molecule has 0 bridgehead atoms. The van der Waals surface area contributed by atoms with E-state index < -0.39 is 29.9 Å². The van der Waals surface area contributed by atoms with Crippen molar-refractivity contribution < 1.29 is 23.5 Å². The lowest BCUT2D eigenvalue weighted by atomic mass is 10.0. The van der Waals surface area contributed by atoms with Crippen LogP contribution in [0.5, 0.6) is 0 Å². The molecule has 2 unspecified atom stereocenters. The zero-order valence-corrected chi connectivity index (χ0v) is 15.6. The van der Waals surface area contributed by atoms with Gasteiger partial charge in [0, 0.05) is 6.42 Å². The topological polar surface area (TPSA) is 97.6 Å². The SMILES string of the molecule is COC(=O)C(NC(=O)C(Cc1ccccc1)NC(=O)c1ccco1)C(C)C. The molecule has 2 N–H and O–H groups in total. The van der Waals surface area contributed by atoms with Gasteiger partial charge in [-0.25, -0.2) is 4.79 Å². The number of carbonyl (C=O) groups is 3. The average Bonchev–Trinajstić information content (AvgIpc) is 3.20. The van der Waals surface area contributed by atoms with Gasteiger partial charge in [0.15, 0.2) is 5.76 Å². The van der Waals surface area contributed by atoms with Crippen LogP contribution in [0.4, 0.5) is 0 Å². The largest absolute Gasteiger partial charge is 0.467 e. The van der Waals surface area contributed by atoms with E-state index in [1.54, 1.807) is 19.9 Å². The summed E-state index contributed by atoms with van der Waals surface area (Å²) in [7, 11) is 1.27. The van der Waals surface area contributed by atoms with Crippen LogP contribution in [0.1, 0.15) is 30.0 Å². The van der Waals surface area contributed by atoms with E-state index in [9.17, 15) is 14.4 Å². The average molecular weight is 372 g/mol. The molecule has 7 nitrogen and oxygen atoms in total. The number of methoxy groups -OCH3 is 1. The lowest BCUT2D eigenvalue weighted by Crippen LogP contribution is -2.54. The third-order valence-electron chi connectivity index (χ3n) is 4.07. The van der Waals surface area contributed by atoms with Crippen LogP contribution in [0.25, 0.3) is 0 Å². The van der Waals surface area contributed by atoms with Gasteiger partial charge in [0.05, 0.1) is 13.4 Å². The number of rotatable bonds is 8. The Morgan fingerprint density at radius 1 is 1.04 bits per heavy atom. The van der Waals surface area contributed by atoms with Gasteiger partial charge in [-0.3, -0.25) is 9.59 Å². The molecule has 2 amide bonds. The molecule has 0 aliphatic carbocycles. The predicted octanol–water partition coefficient (Wildman–Crippen LogP) is 1.93. The van der Waals surface area contributed by atoms with E-state index in [4.69, 9.17) is 9.15 Å². The maximum Gasteiger partial charge on any atom is 0.328 e. The van der Waals surface area contributed by atoms with Crippen LogP contribution < -0.4 is 10.6 Å². The lowest BCUT2D eigenvalue weighted by Gasteiger charge is -2.24. The quantitative estimate of drug-likeness (QED) is 0.690. The highest BCUT2D eigenvalue weighted by molar-refractivity contribution is 5.96. The molecular formula is C20H24N2O5. The van der Waals surface area contributed by atoms with Gasteiger partial charge in [-0.05, 0) is 23.6 Å². The van der Waals surface area contributed by atoms with E-state index in [-0.39, 0.29) is 18.1 Å². The van der Waals surface area contributed by atoms with E-state index in [1.165, 1.54) is 19.4 Å². The van der Waals surface area contributed by atoms with Gasteiger partial charge in [-0.15, -0.1) is 0 Å². The Morgan fingerprint density at radius 3 is 2.30 bits per heavy atom. The van der Waals surface area contributed by atoms with Gasteiger partial charge in [0.2, 0.25) is 5.91 Å². The van der Waals surface area contributed by atoms with Gasteiger partial charge in [0.25, 0.3) is 5.91 Å². The van der Waals surface area contributed by atoms with Crippen molar-refractivity contribution in [3.63, 3.8) is 0 Å². The summed E-state index contributed by atoms with van der Waals surface area (Å²) < 4.78 is 9.84. The monoisotopic (exact) mass is 372 g/mol. The second-order valence-electron chi connectivity index (χ2n) is 6.45. The molecule has 1 aromatic carbocycles. The van der Waals surface area contributed by atoms with E-state index in [2.05, 4.69) is 10.6 Å². The standard InChI is InChI=1S/C20H24N2O5/c1-13(2)17(20(25)26-3)22-18(23)15(12-14-8-5-4-6-9-14)21-19(24)16-10-7-11-27-16/h4-11,13,15,17H,12H2,1-3H3,(H,21,24)(H,22,23). The zero-order valence-electron chi connectivity index (χ0n) is 15.6. The first-order valence-corrected chi connectivity index (χ1v) is 8.69. The first-order valence-electron chi connectivity index (χ1n) is 8.69. The first-order chi connectivity index (χ1) is 12.9. The minimum atomic E-state index is -0.879. The molecule has 7 heteroatoms. The highest BCUT2D eigenvalue weighted by Crippen LogP contribution is 2.09. The molecule has 0 aliphatic heterocycles. The van der Waals surface area contributed by atoms with Crippen molar-refractivity contribution in [1.29, 1.82) is 0 Å². The van der Waals surface area contributed by atoms with Crippen LogP contribution in [0, 0.1) is 5.92 Å². The number of esters is 1. The molecule has 2 atom stereocenters. The van der Waals surface area contributed by atoms with Gasteiger partial charge < -0.3 is 19.8 Å². The van der Waals surface area contributed by atoms with Crippen molar-refractivity contribution in [2.24, 2.45) is 5.92 Å². The van der Waals surface area contributed by atoms with Crippen LogP contribution in [0.3, 0.4) is 0 Å². The number of hydrogen-bond donors (Lipinski definition) is 2. The minimum absolute atomic E-state index is 0.106. The Morgan fingerprint density at radius 2 is 1.74 bits per heavy atom. The molecule has 27 heavy (non-hydrogen) atoms. The third kappa shape index (κ3) is 5.70. The van der Waals surface area contributed by atoms with Crippen molar-refractivity contribution in [2.45, 2.75) is 32.4 Å². The van der Waals surface area contributed by atoms with Gasteiger partial charge in [0.1, 0.15) is 12.1 Å². The first kappa shape index (κ1) is 20.2. The Bertz CT molecular complexity index is 756. The summed E-state index contributed by atoms with van der Waals surface area (Å²) in [4.78, 5) is 37.1. The molecule has 0 spiro atoms. The number of ether oxygens (including phenoxy) is 1. The number of benzene rings is 1. The highest BCUT2D eigenvalue weighted by atomic mass is 16.5. The summed E-state index contributed by atoms with van der Waals surface area (Å²) in [5.74, 6) is -1.57. The third-order valence-corrected chi connectivity index (χ3v) is 4.07. The smallest absolute Gasteiger partial charge is 0.328 e. The summed E-state index contributed by atoms with van der Waals surface area (Å²) in [6, 6.07) is 10.7. The molecule has 0 saturated carbocycles. The van der Waals surface area contributed by atoms with E-state index >= 15 is 0 Å². The summed E-state index contributed by atoms with van der Waals surface area (Å²) >= 11 is 0. The maximum atomic E-state index is 12.8. The van der Waals surface area contributed by atoms with Crippen molar-refractivity contribution in [2.75, 3.05) is 7.11 Å². The predicted molar refractivity (Wildman–Crippen MR) is 98.9 cm³/mol. The maximum absolute atomic E-state index is 12.8. The Hall–Kier alpha value is -3.09. The Kier molecular flexibility index (Phi) is 7.16. The Labute approximate surface area is 158 Å². The van der Waals surface area contributed by atoms with E-state index in [1.807, 2.05) is 30.3 Å². The molecule has 1 aromatic heterocycles. The summed E-state index contributed by atoms with van der Waals surface area (Å²) in [6.45, 7) is 3.60. The number of furan rings is 1. The molecule has 0 fully saturated rings. The number of nitrogens with one attached hydrogen (secondary N) is 2. The molecule has 0 radical (unpaired) electrons. The normalized spacial score (nSPS) is 12.9. The second kappa shape index (κ2) is 9.56. The number of amides is 2. The lowest BCUT2D eigenvalue weighted by molar-refractivity contribution is -0.146. The molecule has 2 rings (SSSR count). The summed E-state index contributed by atoms with van der Waals surface area (Å²) in [5.41, 5.74) is 0.872. The van der Waals surface area contributed by atoms with Crippen LogP contribution >= 0.6 is 0 Å². The van der Waals surface area contributed by atoms with E-state index in [0.717, 1.165) is 5.56 Å². The fraction of sp³-hybridized carbons (Fsp3) is 0.350. The van der Waals surface area contributed by atoms with Crippen LogP contribution in [-0.2, 0) is 20.7 Å². The van der Waals surface area contributed by atoms with Crippen molar-refractivity contribution in [3.05, 3.63) is 60.1 Å². The minimum Gasteiger partial charge on any atom is -0.467 e. The highest BCUT2D eigenvalue weighted by Gasteiger charge is 2.30. The summed E-state index contributed by atoms with van der Waals surface area (Å²) in [5, 5.41) is 5.35. The molecule has 144 valence electrons. The molecule has 1 heterocycles. The molecule has 0 aliphatic rings. The van der Waals surface area contributed by atoms with Crippen LogP contribution in [0.15, 0.2) is 53.1 Å². The van der Waals surface area contributed by atoms with Crippen LogP contribution in [0.2, 0.25) is 0 Å². The fourth-order valence-corrected chi connectivity index (χ4v) is 2.57.